The molecule has 0 radical (unpaired) electrons. The van der Waals surface area contributed by atoms with Gasteiger partial charge in [0.15, 0.2) is 6.10 Å². The lowest BCUT2D eigenvalue weighted by Gasteiger charge is -2.38. The van der Waals surface area contributed by atoms with Gasteiger partial charge in [-0.05, 0) is 43.5 Å². The van der Waals surface area contributed by atoms with Crippen LogP contribution in [0.3, 0.4) is 0 Å². The van der Waals surface area contributed by atoms with E-state index in [0.717, 1.165) is 51.3 Å². The van der Waals surface area contributed by atoms with Gasteiger partial charge in [0.05, 0.1) is 12.2 Å². The Labute approximate surface area is 178 Å². The van der Waals surface area contributed by atoms with Gasteiger partial charge in [-0.1, -0.05) is 36.4 Å². The van der Waals surface area contributed by atoms with Crippen LogP contribution in [-0.2, 0) is 9.53 Å². The highest BCUT2D eigenvalue weighted by molar-refractivity contribution is 5.94. The third-order valence-corrected chi connectivity index (χ3v) is 6.03. The van der Waals surface area contributed by atoms with Gasteiger partial charge in [-0.25, -0.2) is 0 Å². The van der Waals surface area contributed by atoms with Crippen LogP contribution in [0.4, 0.5) is 11.4 Å². The van der Waals surface area contributed by atoms with Gasteiger partial charge in [0.1, 0.15) is 0 Å². The molecule has 0 aromatic heterocycles. The van der Waals surface area contributed by atoms with Crippen LogP contribution in [0.1, 0.15) is 19.3 Å². The van der Waals surface area contributed by atoms with Crippen molar-refractivity contribution in [1.29, 1.82) is 0 Å². The zero-order chi connectivity index (χ0) is 20.8. The SMILES string of the molecule is O=C(Nc1ccccc1)C1OC(CCN2CCN(c3ccccc3)CC2)CCC1O. The molecule has 2 aliphatic rings. The second-order valence-corrected chi connectivity index (χ2v) is 8.13. The fourth-order valence-corrected chi connectivity index (χ4v) is 4.25. The minimum absolute atomic E-state index is 0.00655. The van der Waals surface area contributed by atoms with E-state index < -0.39 is 12.2 Å². The average molecular weight is 410 g/mol. The number of amides is 1. The van der Waals surface area contributed by atoms with Crippen LogP contribution in [0.25, 0.3) is 0 Å². The summed E-state index contributed by atoms with van der Waals surface area (Å²) in [7, 11) is 0. The number of carbonyl (C=O) groups is 1. The van der Waals surface area contributed by atoms with E-state index in [1.54, 1.807) is 0 Å². The monoisotopic (exact) mass is 409 g/mol. The molecule has 0 spiro atoms. The van der Waals surface area contributed by atoms with Gasteiger partial charge >= 0.3 is 0 Å². The first-order valence-electron chi connectivity index (χ1n) is 10.9. The summed E-state index contributed by atoms with van der Waals surface area (Å²) >= 11 is 0. The summed E-state index contributed by atoms with van der Waals surface area (Å²) in [5, 5.41) is 13.1. The van der Waals surface area contributed by atoms with Crippen molar-refractivity contribution < 1.29 is 14.6 Å². The molecule has 2 aliphatic heterocycles. The number of piperazine rings is 1. The number of hydrogen-bond donors (Lipinski definition) is 2. The molecule has 1 amide bonds. The molecular formula is C24H31N3O3. The number of hydrogen-bond acceptors (Lipinski definition) is 5. The van der Waals surface area contributed by atoms with Gasteiger partial charge in [-0.2, -0.15) is 0 Å². The molecular weight excluding hydrogens is 378 g/mol. The van der Waals surface area contributed by atoms with E-state index in [2.05, 4.69) is 39.4 Å². The molecule has 4 rings (SSSR count). The second-order valence-electron chi connectivity index (χ2n) is 8.13. The van der Waals surface area contributed by atoms with Gasteiger partial charge in [0.25, 0.3) is 5.91 Å². The Morgan fingerprint density at radius 3 is 2.33 bits per heavy atom. The molecule has 0 bridgehead atoms. The Morgan fingerprint density at radius 2 is 1.63 bits per heavy atom. The van der Waals surface area contributed by atoms with Gasteiger partial charge < -0.3 is 20.1 Å². The number of rotatable bonds is 6. The lowest BCUT2D eigenvalue weighted by Crippen LogP contribution is -2.49. The Bertz CT molecular complexity index is 794. The molecule has 3 atom stereocenters. The first kappa shape index (κ1) is 20.8. The summed E-state index contributed by atoms with van der Waals surface area (Å²) in [6.45, 7) is 5.06. The maximum absolute atomic E-state index is 12.6. The minimum Gasteiger partial charge on any atom is -0.390 e. The number of nitrogens with one attached hydrogen (secondary N) is 1. The van der Waals surface area contributed by atoms with Crippen molar-refractivity contribution in [1.82, 2.24) is 4.90 Å². The Hall–Kier alpha value is -2.41. The normalized spacial score (nSPS) is 25.1. The topological polar surface area (TPSA) is 65.0 Å². The van der Waals surface area contributed by atoms with Crippen molar-refractivity contribution in [2.24, 2.45) is 0 Å². The van der Waals surface area contributed by atoms with Crippen molar-refractivity contribution >= 4 is 17.3 Å². The number of ether oxygens (including phenoxy) is 1. The molecule has 2 saturated heterocycles. The minimum atomic E-state index is -0.807. The number of nitrogens with zero attached hydrogens (tertiary/aromatic N) is 2. The van der Waals surface area contributed by atoms with Crippen molar-refractivity contribution in [3.8, 4) is 0 Å². The number of anilines is 2. The fourth-order valence-electron chi connectivity index (χ4n) is 4.25. The number of para-hydroxylation sites is 2. The van der Waals surface area contributed by atoms with E-state index in [1.165, 1.54) is 5.69 Å². The number of benzene rings is 2. The molecule has 30 heavy (non-hydrogen) atoms. The van der Waals surface area contributed by atoms with E-state index in [-0.39, 0.29) is 12.0 Å². The van der Waals surface area contributed by atoms with E-state index in [0.29, 0.717) is 6.42 Å². The maximum atomic E-state index is 12.6. The van der Waals surface area contributed by atoms with E-state index in [1.807, 2.05) is 36.4 Å². The second kappa shape index (κ2) is 10.1. The molecule has 2 fully saturated rings. The molecule has 2 N–H and O–H groups in total. The third kappa shape index (κ3) is 5.39. The lowest BCUT2D eigenvalue weighted by atomic mass is 9.98. The summed E-state index contributed by atoms with van der Waals surface area (Å²) in [6, 6.07) is 19.9. The van der Waals surface area contributed by atoms with Crippen LogP contribution in [-0.4, -0.2) is 66.9 Å². The van der Waals surface area contributed by atoms with Gasteiger partial charge in [0.2, 0.25) is 0 Å². The van der Waals surface area contributed by atoms with Gasteiger partial charge in [-0.15, -0.1) is 0 Å². The fraction of sp³-hybridized carbons (Fsp3) is 0.458. The number of aliphatic hydroxyl groups excluding tert-OH is 1. The standard InChI is InChI=1S/C24H31N3O3/c28-22-12-11-21(30-23(22)24(29)25-19-7-3-1-4-8-19)13-14-26-15-17-27(18-16-26)20-9-5-2-6-10-20/h1-10,21-23,28H,11-18H2,(H,25,29). The van der Waals surface area contributed by atoms with Gasteiger partial charge in [-0.3, -0.25) is 9.69 Å². The molecule has 0 aliphatic carbocycles. The number of carbonyl (C=O) groups excluding carboxylic acids is 1. The molecule has 2 aromatic rings. The summed E-state index contributed by atoms with van der Waals surface area (Å²) in [5.74, 6) is -0.269. The molecule has 2 aromatic carbocycles. The van der Waals surface area contributed by atoms with E-state index >= 15 is 0 Å². The van der Waals surface area contributed by atoms with Crippen LogP contribution >= 0.6 is 0 Å². The van der Waals surface area contributed by atoms with Crippen molar-refractivity contribution in [3.05, 3.63) is 60.7 Å². The van der Waals surface area contributed by atoms with Crippen LogP contribution in [0.2, 0.25) is 0 Å². The van der Waals surface area contributed by atoms with Crippen LogP contribution in [0.15, 0.2) is 60.7 Å². The zero-order valence-electron chi connectivity index (χ0n) is 17.3. The first-order valence-corrected chi connectivity index (χ1v) is 10.9. The Morgan fingerprint density at radius 1 is 0.967 bits per heavy atom. The predicted octanol–water partition coefficient (Wildman–Crippen LogP) is 2.75. The highest BCUT2D eigenvalue weighted by atomic mass is 16.5. The molecule has 6 nitrogen and oxygen atoms in total. The highest BCUT2D eigenvalue weighted by Crippen LogP contribution is 2.24. The van der Waals surface area contributed by atoms with E-state index in [9.17, 15) is 9.90 Å². The maximum Gasteiger partial charge on any atom is 0.256 e. The lowest BCUT2D eigenvalue weighted by molar-refractivity contribution is -0.153. The van der Waals surface area contributed by atoms with Gasteiger partial charge in [0, 0.05) is 44.1 Å². The van der Waals surface area contributed by atoms with Crippen LogP contribution in [0, 0.1) is 0 Å². The molecule has 160 valence electrons. The quantitative estimate of drug-likeness (QED) is 0.768. The molecule has 3 unspecified atom stereocenters. The van der Waals surface area contributed by atoms with Crippen LogP contribution < -0.4 is 10.2 Å². The van der Waals surface area contributed by atoms with Crippen LogP contribution in [0.5, 0.6) is 0 Å². The van der Waals surface area contributed by atoms with Crippen molar-refractivity contribution in [3.63, 3.8) is 0 Å². The van der Waals surface area contributed by atoms with E-state index in [4.69, 9.17) is 4.74 Å². The smallest absolute Gasteiger partial charge is 0.256 e. The van der Waals surface area contributed by atoms with Crippen molar-refractivity contribution in [2.45, 2.75) is 37.6 Å². The largest absolute Gasteiger partial charge is 0.390 e. The Balaban J connectivity index is 1.23. The molecule has 2 heterocycles. The summed E-state index contributed by atoms with van der Waals surface area (Å²) in [5.41, 5.74) is 2.01. The third-order valence-electron chi connectivity index (χ3n) is 6.03. The summed E-state index contributed by atoms with van der Waals surface area (Å²) < 4.78 is 6.02. The number of aliphatic hydroxyl groups is 1. The molecule has 6 heteroatoms. The average Bonchev–Trinajstić information content (AvgIpc) is 2.80. The summed E-state index contributed by atoms with van der Waals surface area (Å²) in [4.78, 5) is 17.5. The van der Waals surface area contributed by atoms with Crippen molar-refractivity contribution in [2.75, 3.05) is 42.9 Å². The highest BCUT2D eigenvalue weighted by Gasteiger charge is 2.35. The zero-order valence-corrected chi connectivity index (χ0v) is 17.3. The predicted molar refractivity (Wildman–Crippen MR) is 119 cm³/mol. The first-order chi connectivity index (χ1) is 14.7. The molecule has 0 saturated carbocycles. The Kier molecular flexibility index (Phi) is 7.00. The summed E-state index contributed by atoms with van der Waals surface area (Å²) in [6.07, 6.45) is 0.720.